The summed E-state index contributed by atoms with van der Waals surface area (Å²) < 4.78 is 45.1. The Morgan fingerprint density at radius 1 is 1.30 bits per heavy atom. The van der Waals surface area contributed by atoms with Gasteiger partial charge in [0.2, 0.25) is 11.0 Å². The maximum Gasteiger partial charge on any atom is 0.316 e. The lowest BCUT2D eigenvalue weighted by atomic mass is 10.2. The van der Waals surface area contributed by atoms with Crippen molar-refractivity contribution in [1.82, 2.24) is 9.55 Å². The van der Waals surface area contributed by atoms with E-state index in [9.17, 15) is 18.0 Å². The van der Waals surface area contributed by atoms with E-state index in [-0.39, 0.29) is 23.1 Å². The smallest absolute Gasteiger partial charge is 0.316 e. The fraction of sp³-hybridized carbons (Fsp3) is 0.167. The van der Waals surface area contributed by atoms with Crippen LogP contribution < -0.4 is 10.3 Å². The van der Waals surface area contributed by atoms with E-state index in [1.165, 1.54) is 17.9 Å². The molecule has 0 fully saturated rings. The number of ether oxygens (including phenoxy) is 1. The van der Waals surface area contributed by atoms with Gasteiger partial charge in [-0.15, -0.1) is 0 Å². The lowest BCUT2D eigenvalue weighted by Gasteiger charge is -2.10. The van der Waals surface area contributed by atoms with E-state index in [0.29, 0.717) is 0 Å². The molecule has 20 heavy (non-hydrogen) atoms. The molecule has 0 aliphatic carbocycles. The van der Waals surface area contributed by atoms with Crippen LogP contribution in [0, 0.1) is 17.5 Å². The standard InChI is InChI=1S/C12H8ClF3N2O2/c1-20-9-5-18(12(13)17-11(9)19)4-6-2-7(14)10(16)8(15)3-6/h2-3,5H,4H2,1H3. The molecule has 0 unspecified atom stereocenters. The monoisotopic (exact) mass is 304 g/mol. The molecule has 0 aliphatic rings. The summed E-state index contributed by atoms with van der Waals surface area (Å²) in [6.45, 7) is -0.101. The first-order valence-electron chi connectivity index (χ1n) is 5.36. The predicted octanol–water partition coefficient (Wildman–Crippen LogP) is 2.37. The molecule has 0 saturated heterocycles. The molecule has 0 saturated carbocycles. The van der Waals surface area contributed by atoms with Gasteiger partial charge in [-0.25, -0.2) is 13.2 Å². The molecule has 2 rings (SSSR count). The molecular weight excluding hydrogens is 297 g/mol. The van der Waals surface area contributed by atoms with E-state index in [0.717, 1.165) is 12.1 Å². The van der Waals surface area contributed by atoms with Crippen LogP contribution in [0.25, 0.3) is 0 Å². The number of benzene rings is 1. The van der Waals surface area contributed by atoms with Crippen LogP contribution in [0.1, 0.15) is 5.56 Å². The lowest BCUT2D eigenvalue weighted by molar-refractivity contribution is 0.401. The molecule has 0 N–H and O–H groups in total. The van der Waals surface area contributed by atoms with Gasteiger partial charge in [0.1, 0.15) is 0 Å². The topological polar surface area (TPSA) is 44.1 Å². The number of methoxy groups -OCH3 is 1. The van der Waals surface area contributed by atoms with Crippen molar-refractivity contribution in [2.75, 3.05) is 7.11 Å². The zero-order valence-electron chi connectivity index (χ0n) is 10.2. The van der Waals surface area contributed by atoms with E-state index in [2.05, 4.69) is 4.98 Å². The minimum absolute atomic E-state index is 0.0718. The fourth-order valence-corrected chi connectivity index (χ4v) is 1.79. The van der Waals surface area contributed by atoms with E-state index in [4.69, 9.17) is 16.3 Å². The molecular formula is C12H8ClF3N2O2. The van der Waals surface area contributed by atoms with Crippen molar-refractivity contribution in [1.29, 1.82) is 0 Å². The van der Waals surface area contributed by atoms with E-state index >= 15 is 0 Å². The molecule has 0 bridgehead atoms. The zero-order valence-corrected chi connectivity index (χ0v) is 10.9. The summed E-state index contributed by atoms with van der Waals surface area (Å²) in [6, 6.07) is 1.67. The van der Waals surface area contributed by atoms with Crippen molar-refractivity contribution in [3.05, 3.63) is 57.0 Å². The van der Waals surface area contributed by atoms with Crippen LogP contribution >= 0.6 is 11.6 Å². The van der Waals surface area contributed by atoms with Crippen LogP contribution in [0.3, 0.4) is 0 Å². The van der Waals surface area contributed by atoms with Gasteiger partial charge in [0.05, 0.1) is 19.9 Å². The zero-order chi connectivity index (χ0) is 14.9. The Morgan fingerprint density at radius 2 is 1.90 bits per heavy atom. The Bertz CT molecular complexity index is 695. The number of aromatic nitrogens is 2. The second kappa shape index (κ2) is 5.54. The normalized spacial score (nSPS) is 10.7. The largest absolute Gasteiger partial charge is 0.490 e. The Balaban J connectivity index is 2.42. The molecule has 106 valence electrons. The van der Waals surface area contributed by atoms with Crippen molar-refractivity contribution in [2.45, 2.75) is 6.54 Å². The van der Waals surface area contributed by atoms with Crippen LogP contribution in [-0.2, 0) is 6.54 Å². The molecule has 0 atom stereocenters. The van der Waals surface area contributed by atoms with Crippen molar-refractivity contribution >= 4 is 11.6 Å². The van der Waals surface area contributed by atoms with Gasteiger partial charge in [0.25, 0.3) is 0 Å². The van der Waals surface area contributed by atoms with E-state index < -0.39 is 23.0 Å². The van der Waals surface area contributed by atoms with Crippen LogP contribution in [0.5, 0.6) is 5.75 Å². The van der Waals surface area contributed by atoms with E-state index in [1.54, 1.807) is 0 Å². The first-order chi connectivity index (χ1) is 9.42. The Labute approximate surface area is 116 Å². The molecule has 0 spiro atoms. The molecule has 0 radical (unpaired) electrons. The molecule has 4 nitrogen and oxygen atoms in total. The van der Waals surface area contributed by atoms with Gasteiger partial charge in [0.15, 0.2) is 17.5 Å². The molecule has 0 amide bonds. The van der Waals surface area contributed by atoms with Crippen LogP contribution in [0.2, 0.25) is 5.28 Å². The minimum Gasteiger partial charge on any atom is -0.490 e. The number of rotatable bonds is 3. The van der Waals surface area contributed by atoms with Crippen molar-refractivity contribution in [2.24, 2.45) is 0 Å². The highest BCUT2D eigenvalue weighted by Crippen LogP contribution is 2.16. The molecule has 0 aliphatic heterocycles. The summed E-state index contributed by atoms with van der Waals surface area (Å²) in [5, 5.41) is -0.180. The van der Waals surface area contributed by atoms with Gasteiger partial charge < -0.3 is 9.30 Å². The second-order valence-electron chi connectivity index (χ2n) is 3.88. The average molecular weight is 305 g/mol. The number of hydrogen-bond acceptors (Lipinski definition) is 3. The van der Waals surface area contributed by atoms with Crippen molar-refractivity contribution in [3.63, 3.8) is 0 Å². The van der Waals surface area contributed by atoms with Crippen LogP contribution in [-0.4, -0.2) is 16.7 Å². The van der Waals surface area contributed by atoms with E-state index in [1.807, 2.05) is 0 Å². The number of halogens is 4. The minimum atomic E-state index is -1.55. The Morgan fingerprint density at radius 3 is 2.45 bits per heavy atom. The first kappa shape index (κ1) is 14.4. The van der Waals surface area contributed by atoms with Gasteiger partial charge in [0, 0.05) is 0 Å². The third kappa shape index (κ3) is 2.77. The number of hydrogen-bond donors (Lipinski definition) is 0. The Hall–Kier alpha value is -2.02. The van der Waals surface area contributed by atoms with Gasteiger partial charge >= 0.3 is 5.56 Å². The third-order valence-corrected chi connectivity index (χ3v) is 2.83. The highest BCUT2D eigenvalue weighted by molar-refractivity contribution is 6.28. The quantitative estimate of drug-likeness (QED) is 0.646. The fourth-order valence-electron chi connectivity index (χ4n) is 1.60. The molecule has 8 heteroatoms. The van der Waals surface area contributed by atoms with Gasteiger partial charge in [-0.1, -0.05) is 0 Å². The SMILES string of the molecule is COc1cn(Cc2cc(F)c(F)c(F)c2)c(Cl)nc1=O. The summed E-state index contributed by atoms with van der Waals surface area (Å²) >= 11 is 5.75. The molecule has 2 aromatic rings. The summed E-state index contributed by atoms with van der Waals surface area (Å²) in [5.74, 6) is -4.23. The maximum atomic E-state index is 13.1. The lowest BCUT2D eigenvalue weighted by Crippen LogP contribution is -2.15. The summed E-state index contributed by atoms with van der Waals surface area (Å²) in [4.78, 5) is 14.8. The highest BCUT2D eigenvalue weighted by atomic mass is 35.5. The summed E-state index contributed by atoms with van der Waals surface area (Å²) in [5.41, 5.74) is -0.541. The predicted molar refractivity (Wildman–Crippen MR) is 65.5 cm³/mol. The molecule has 1 heterocycles. The summed E-state index contributed by atoms with van der Waals surface area (Å²) in [6.07, 6.45) is 1.25. The Kier molecular flexibility index (Phi) is 3.99. The van der Waals surface area contributed by atoms with Crippen LogP contribution in [0.15, 0.2) is 23.1 Å². The average Bonchev–Trinajstić information content (AvgIpc) is 2.39. The number of nitrogens with zero attached hydrogens (tertiary/aromatic N) is 2. The van der Waals surface area contributed by atoms with Crippen molar-refractivity contribution in [3.8, 4) is 5.75 Å². The van der Waals surface area contributed by atoms with Gasteiger partial charge in [-0.05, 0) is 29.3 Å². The molecule has 1 aromatic heterocycles. The summed E-state index contributed by atoms with van der Waals surface area (Å²) in [7, 11) is 1.27. The van der Waals surface area contributed by atoms with Crippen LogP contribution in [0.4, 0.5) is 13.2 Å². The van der Waals surface area contributed by atoms with Gasteiger partial charge in [-0.2, -0.15) is 4.98 Å². The first-order valence-corrected chi connectivity index (χ1v) is 5.74. The second-order valence-corrected chi connectivity index (χ2v) is 4.22. The van der Waals surface area contributed by atoms with Gasteiger partial charge in [-0.3, -0.25) is 4.79 Å². The van der Waals surface area contributed by atoms with Crippen molar-refractivity contribution < 1.29 is 17.9 Å². The molecule has 1 aromatic carbocycles. The third-order valence-electron chi connectivity index (χ3n) is 2.53. The maximum absolute atomic E-state index is 13.1. The highest BCUT2D eigenvalue weighted by Gasteiger charge is 2.12.